The predicted molar refractivity (Wildman–Crippen MR) is 76.5 cm³/mol. The van der Waals surface area contributed by atoms with Crippen LogP contribution in [0.5, 0.6) is 0 Å². The van der Waals surface area contributed by atoms with Crippen LogP contribution in [0.1, 0.15) is 11.5 Å². The monoisotopic (exact) mass is 314 g/mol. The van der Waals surface area contributed by atoms with Crippen LogP contribution in [-0.2, 0) is 9.47 Å². The minimum atomic E-state index is -1.48. The van der Waals surface area contributed by atoms with Crippen LogP contribution >= 0.6 is 11.6 Å². The third-order valence-electron chi connectivity index (χ3n) is 4.81. The van der Waals surface area contributed by atoms with Crippen LogP contribution in [0.3, 0.4) is 0 Å². The first kappa shape index (κ1) is 13.5. The van der Waals surface area contributed by atoms with Gasteiger partial charge >= 0.3 is 0 Å². The van der Waals surface area contributed by atoms with Gasteiger partial charge in [-0.1, -0.05) is 23.7 Å². The van der Waals surface area contributed by atoms with Crippen molar-refractivity contribution in [1.82, 2.24) is 0 Å². The second-order valence-electron chi connectivity index (χ2n) is 5.60. The number of nitrogens with zero attached hydrogens (tertiary/aromatic N) is 3. The highest BCUT2D eigenvalue weighted by atomic mass is 35.5. The summed E-state index contributed by atoms with van der Waals surface area (Å²) in [5, 5.41) is 20.2. The van der Waals surface area contributed by atoms with E-state index in [0.717, 1.165) is 5.56 Å². The van der Waals surface area contributed by atoms with Crippen LogP contribution in [0.25, 0.3) is 0 Å². The average Bonchev–Trinajstić information content (AvgIpc) is 2.77. The average molecular weight is 315 g/mol. The van der Waals surface area contributed by atoms with Gasteiger partial charge in [0.05, 0.1) is 25.4 Å². The molecule has 1 saturated heterocycles. The van der Waals surface area contributed by atoms with Gasteiger partial charge in [-0.25, -0.2) is 4.99 Å². The van der Waals surface area contributed by atoms with Gasteiger partial charge in [-0.05, 0) is 17.7 Å². The number of nitriles is 2. The molecular weight excluding hydrogens is 304 g/mol. The number of aliphatic imine (C=N–C) groups is 1. The second-order valence-corrected chi connectivity index (χ2v) is 6.04. The SMILES string of the molecule is N#C[C@@]12C(N)=NC3(OCCO3)[C@]1(C#N)[C@H]2c1ccc(Cl)cc1. The predicted octanol–water partition coefficient (Wildman–Crippen LogP) is 1.53. The fourth-order valence-electron chi connectivity index (χ4n) is 3.87. The number of nitrogens with two attached hydrogens (primary N) is 1. The van der Waals surface area contributed by atoms with Crippen molar-refractivity contribution in [1.29, 1.82) is 10.5 Å². The Morgan fingerprint density at radius 2 is 1.82 bits per heavy atom. The van der Waals surface area contributed by atoms with E-state index in [9.17, 15) is 10.5 Å². The molecule has 0 bridgehead atoms. The summed E-state index contributed by atoms with van der Waals surface area (Å²) in [6.07, 6.45) is 0. The van der Waals surface area contributed by atoms with Gasteiger partial charge < -0.3 is 15.2 Å². The topological polar surface area (TPSA) is 104 Å². The highest BCUT2D eigenvalue weighted by Crippen LogP contribution is 2.82. The van der Waals surface area contributed by atoms with Crippen molar-refractivity contribution in [2.24, 2.45) is 21.6 Å². The molecule has 7 heteroatoms. The number of ether oxygens (including phenoxy) is 2. The lowest BCUT2D eigenvalue weighted by molar-refractivity contribution is -0.184. The molecule has 3 aliphatic rings. The van der Waals surface area contributed by atoms with Gasteiger partial charge in [-0.2, -0.15) is 10.5 Å². The lowest BCUT2D eigenvalue weighted by Gasteiger charge is -2.25. The van der Waals surface area contributed by atoms with Crippen LogP contribution in [0.15, 0.2) is 29.3 Å². The Bertz CT molecular complexity index is 772. The van der Waals surface area contributed by atoms with Crippen molar-refractivity contribution in [3.05, 3.63) is 34.9 Å². The number of amidine groups is 1. The van der Waals surface area contributed by atoms with E-state index in [1.165, 1.54) is 0 Å². The van der Waals surface area contributed by atoms with Gasteiger partial charge in [0.1, 0.15) is 11.3 Å². The molecule has 1 saturated carbocycles. The summed E-state index contributed by atoms with van der Waals surface area (Å²) in [6.45, 7) is 0.629. The number of benzene rings is 1. The summed E-state index contributed by atoms with van der Waals surface area (Å²) < 4.78 is 11.3. The Morgan fingerprint density at radius 3 is 2.36 bits per heavy atom. The lowest BCUT2D eigenvalue weighted by atomic mass is 9.94. The van der Waals surface area contributed by atoms with E-state index in [-0.39, 0.29) is 5.84 Å². The van der Waals surface area contributed by atoms with Crippen LogP contribution in [-0.4, -0.2) is 25.0 Å². The van der Waals surface area contributed by atoms with E-state index in [2.05, 4.69) is 17.1 Å². The Kier molecular flexibility index (Phi) is 2.46. The lowest BCUT2D eigenvalue weighted by Crippen LogP contribution is -2.38. The molecule has 1 aromatic carbocycles. The quantitative estimate of drug-likeness (QED) is 0.846. The normalized spacial score (nSPS) is 37.2. The van der Waals surface area contributed by atoms with E-state index >= 15 is 0 Å². The number of rotatable bonds is 1. The molecule has 110 valence electrons. The third kappa shape index (κ3) is 1.17. The molecule has 1 spiro atoms. The number of hydrogen-bond donors (Lipinski definition) is 1. The van der Waals surface area contributed by atoms with E-state index in [4.69, 9.17) is 26.8 Å². The molecule has 0 aromatic heterocycles. The summed E-state index contributed by atoms with van der Waals surface area (Å²) >= 11 is 5.92. The third-order valence-corrected chi connectivity index (χ3v) is 5.06. The molecular formula is C15H11ClN4O2. The molecule has 4 rings (SSSR count). The Morgan fingerprint density at radius 1 is 1.18 bits per heavy atom. The minimum Gasteiger partial charge on any atom is -0.386 e. The van der Waals surface area contributed by atoms with Gasteiger partial charge in [-0.3, -0.25) is 0 Å². The first-order valence-corrected chi connectivity index (χ1v) is 7.17. The van der Waals surface area contributed by atoms with Crippen molar-refractivity contribution in [3.63, 3.8) is 0 Å². The first-order valence-electron chi connectivity index (χ1n) is 6.80. The largest absolute Gasteiger partial charge is 0.386 e. The van der Waals surface area contributed by atoms with Crippen LogP contribution < -0.4 is 5.73 Å². The summed E-state index contributed by atoms with van der Waals surface area (Å²) in [5.41, 5.74) is 4.34. The zero-order valence-electron chi connectivity index (χ0n) is 11.4. The zero-order valence-corrected chi connectivity index (χ0v) is 12.2. The zero-order chi connectivity index (χ0) is 15.6. The molecule has 2 fully saturated rings. The summed E-state index contributed by atoms with van der Waals surface area (Å²) in [4.78, 5) is 4.21. The fourth-order valence-corrected chi connectivity index (χ4v) is 4.00. The number of hydrogen-bond acceptors (Lipinski definition) is 6. The van der Waals surface area contributed by atoms with Gasteiger partial charge in [0.15, 0.2) is 5.41 Å². The smallest absolute Gasteiger partial charge is 0.293 e. The maximum Gasteiger partial charge on any atom is 0.293 e. The van der Waals surface area contributed by atoms with Crippen LogP contribution in [0, 0.1) is 33.5 Å². The molecule has 2 heterocycles. The van der Waals surface area contributed by atoms with Gasteiger partial charge in [-0.15, -0.1) is 0 Å². The number of fused-ring (bicyclic) bond motifs is 2. The van der Waals surface area contributed by atoms with Crippen LogP contribution in [0.2, 0.25) is 5.02 Å². The molecule has 1 aliphatic carbocycles. The molecule has 2 N–H and O–H groups in total. The fraction of sp³-hybridized carbons (Fsp3) is 0.400. The first-order chi connectivity index (χ1) is 10.6. The maximum absolute atomic E-state index is 9.88. The van der Waals surface area contributed by atoms with Gasteiger partial charge in [0.25, 0.3) is 5.91 Å². The molecule has 1 aromatic rings. The molecule has 3 atom stereocenters. The molecule has 0 amide bonds. The van der Waals surface area contributed by atoms with E-state index in [1.54, 1.807) is 24.3 Å². The molecule has 22 heavy (non-hydrogen) atoms. The standard InChI is InChI=1S/C15H11ClN4O2/c16-10-3-1-9(2-4-10)11-13(7-17)12(19)20-15(14(11,13)8-18)21-5-6-22-15/h1-4,11H,5-6H2,(H2,19,20)/t11-,13+,14+/m0/s1. The van der Waals surface area contributed by atoms with Crippen molar-refractivity contribution in [2.45, 2.75) is 11.8 Å². The van der Waals surface area contributed by atoms with Gasteiger partial charge in [0.2, 0.25) is 0 Å². The minimum absolute atomic E-state index is 0.0957. The van der Waals surface area contributed by atoms with Crippen molar-refractivity contribution in [2.75, 3.05) is 13.2 Å². The van der Waals surface area contributed by atoms with Crippen molar-refractivity contribution < 1.29 is 9.47 Å². The summed E-state index contributed by atoms with van der Waals surface area (Å²) in [7, 11) is 0. The molecule has 6 nitrogen and oxygen atoms in total. The van der Waals surface area contributed by atoms with E-state index < -0.39 is 22.7 Å². The van der Waals surface area contributed by atoms with Crippen molar-refractivity contribution in [3.8, 4) is 12.1 Å². The molecule has 0 unspecified atom stereocenters. The highest BCUT2D eigenvalue weighted by Gasteiger charge is 2.94. The van der Waals surface area contributed by atoms with Crippen molar-refractivity contribution >= 4 is 17.4 Å². The Balaban J connectivity index is 1.92. The highest BCUT2D eigenvalue weighted by molar-refractivity contribution is 6.30. The number of halogens is 1. The van der Waals surface area contributed by atoms with Crippen LogP contribution in [0.4, 0.5) is 0 Å². The van der Waals surface area contributed by atoms with E-state index in [0.29, 0.717) is 18.2 Å². The van der Waals surface area contributed by atoms with Gasteiger partial charge in [0, 0.05) is 10.9 Å². The summed E-state index contributed by atoms with van der Waals surface area (Å²) in [5.74, 6) is -1.84. The van der Waals surface area contributed by atoms with E-state index in [1.807, 2.05) is 0 Å². The Labute approximate surface area is 131 Å². The Hall–Kier alpha value is -2.12. The second kappa shape index (κ2) is 3.99. The maximum atomic E-state index is 9.88. The molecule has 2 aliphatic heterocycles. The molecule has 0 radical (unpaired) electrons. The summed E-state index contributed by atoms with van der Waals surface area (Å²) in [6, 6.07) is 11.5.